The zero-order valence-electron chi connectivity index (χ0n) is 13.0. The second kappa shape index (κ2) is 6.49. The Bertz CT molecular complexity index is 1050. The highest BCUT2D eigenvalue weighted by Gasteiger charge is 2.13. The highest BCUT2D eigenvalue weighted by atomic mass is 35.5. The molecule has 4 rings (SSSR count). The average molecular weight is 354 g/mol. The Hall–Kier alpha value is -2.99. The number of hydrogen-bond donors (Lipinski definition) is 2. The molecule has 2 aromatic carbocycles. The fraction of sp³-hybridized carbons (Fsp3) is 0.0556. The molecular weight excluding hydrogens is 341 g/mol. The summed E-state index contributed by atoms with van der Waals surface area (Å²) in [6.45, 7) is 0.318. The van der Waals surface area contributed by atoms with Crippen molar-refractivity contribution in [1.82, 2.24) is 20.2 Å². The maximum absolute atomic E-state index is 13.7. The van der Waals surface area contributed by atoms with E-state index >= 15 is 0 Å². The largest absolute Gasteiger partial charge is 0.365 e. The van der Waals surface area contributed by atoms with E-state index in [1.54, 1.807) is 30.5 Å². The highest BCUT2D eigenvalue weighted by molar-refractivity contribution is 6.33. The average Bonchev–Trinajstić information content (AvgIpc) is 3.04. The summed E-state index contributed by atoms with van der Waals surface area (Å²) < 4.78 is 13.7. The summed E-state index contributed by atoms with van der Waals surface area (Å²) in [5, 5.41) is 10.8. The number of nitrogens with zero attached hydrogens (tertiary/aromatic N) is 3. The van der Waals surface area contributed by atoms with E-state index in [4.69, 9.17) is 11.6 Å². The third kappa shape index (κ3) is 3.04. The molecule has 7 heteroatoms. The van der Waals surface area contributed by atoms with Gasteiger partial charge in [-0.05, 0) is 12.1 Å². The molecule has 0 fully saturated rings. The van der Waals surface area contributed by atoms with Crippen LogP contribution in [-0.4, -0.2) is 20.2 Å². The van der Waals surface area contributed by atoms with Crippen LogP contribution in [0.4, 0.5) is 10.2 Å². The second-order valence-electron chi connectivity index (χ2n) is 5.45. The van der Waals surface area contributed by atoms with Gasteiger partial charge in [0, 0.05) is 17.7 Å². The number of benzene rings is 2. The summed E-state index contributed by atoms with van der Waals surface area (Å²) in [6, 6.07) is 14.0. The summed E-state index contributed by atoms with van der Waals surface area (Å²) in [5.41, 5.74) is 3.16. The summed E-state index contributed by atoms with van der Waals surface area (Å²) in [6.07, 6.45) is 1.60. The normalized spacial score (nSPS) is 11.0. The van der Waals surface area contributed by atoms with Gasteiger partial charge < -0.3 is 5.32 Å². The molecule has 0 bridgehead atoms. The zero-order valence-corrected chi connectivity index (χ0v) is 13.8. The van der Waals surface area contributed by atoms with E-state index in [9.17, 15) is 4.39 Å². The van der Waals surface area contributed by atoms with Crippen molar-refractivity contribution < 1.29 is 4.39 Å². The molecular formula is C18H13ClFN5. The predicted molar refractivity (Wildman–Crippen MR) is 95.9 cm³/mol. The van der Waals surface area contributed by atoms with Gasteiger partial charge >= 0.3 is 0 Å². The van der Waals surface area contributed by atoms with Gasteiger partial charge in [-0.2, -0.15) is 5.10 Å². The van der Waals surface area contributed by atoms with Gasteiger partial charge in [-0.15, -0.1) is 0 Å². The van der Waals surface area contributed by atoms with Crippen molar-refractivity contribution in [1.29, 1.82) is 0 Å². The molecule has 25 heavy (non-hydrogen) atoms. The maximum Gasteiger partial charge on any atom is 0.176 e. The fourth-order valence-electron chi connectivity index (χ4n) is 2.56. The van der Waals surface area contributed by atoms with E-state index < -0.39 is 0 Å². The quantitative estimate of drug-likeness (QED) is 0.569. The molecule has 0 aliphatic heterocycles. The fourth-order valence-corrected chi connectivity index (χ4v) is 2.78. The molecule has 0 saturated carbocycles. The Labute approximate surface area is 147 Å². The van der Waals surface area contributed by atoms with Crippen LogP contribution in [0.2, 0.25) is 5.02 Å². The van der Waals surface area contributed by atoms with Crippen molar-refractivity contribution in [3.05, 3.63) is 71.1 Å². The van der Waals surface area contributed by atoms with Crippen molar-refractivity contribution in [3.63, 3.8) is 0 Å². The first-order valence-electron chi connectivity index (χ1n) is 7.65. The van der Waals surface area contributed by atoms with Gasteiger partial charge in [-0.1, -0.05) is 48.0 Å². The lowest BCUT2D eigenvalue weighted by molar-refractivity contribution is 0.613. The second-order valence-corrected chi connectivity index (χ2v) is 5.86. The lowest BCUT2D eigenvalue weighted by atomic mass is 10.1. The van der Waals surface area contributed by atoms with Crippen LogP contribution in [0, 0.1) is 5.82 Å². The van der Waals surface area contributed by atoms with Crippen molar-refractivity contribution in [3.8, 4) is 11.3 Å². The molecule has 0 atom stereocenters. The van der Waals surface area contributed by atoms with Gasteiger partial charge in [0.25, 0.3) is 0 Å². The lowest BCUT2D eigenvalue weighted by Crippen LogP contribution is -2.03. The van der Waals surface area contributed by atoms with E-state index in [-0.39, 0.29) is 5.82 Å². The molecule has 124 valence electrons. The van der Waals surface area contributed by atoms with E-state index in [0.29, 0.717) is 39.8 Å². The first-order valence-corrected chi connectivity index (χ1v) is 8.03. The molecule has 4 aromatic rings. The third-order valence-corrected chi connectivity index (χ3v) is 4.15. The van der Waals surface area contributed by atoms with Crippen LogP contribution in [0.1, 0.15) is 5.56 Å². The maximum atomic E-state index is 13.7. The molecule has 2 N–H and O–H groups in total. The van der Waals surface area contributed by atoms with Crippen molar-refractivity contribution in [2.75, 3.05) is 5.32 Å². The van der Waals surface area contributed by atoms with E-state index in [0.717, 1.165) is 5.56 Å². The molecule has 5 nitrogen and oxygen atoms in total. The van der Waals surface area contributed by atoms with Crippen LogP contribution in [0.5, 0.6) is 0 Å². The number of fused-ring (bicyclic) bond motifs is 1. The predicted octanol–water partition coefficient (Wildman–Crippen LogP) is 4.42. The van der Waals surface area contributed by atoms with Crippen LogP contribution in [0.3, 0.4) is 0 Å². The SMILES string of the molecule is Fc1ccccc1CNc1cnc2c(-c3ccccc3Cl)n[nH]c2n1. The Kier molecular flexibility index (Phi) is 4.03. The van der Waals surface area contributed by atoms with Crippen LogP contribution in [0.25, 0.3) is 22.4 Å². The van der Waals surface area contributed by atoms with Crippen LogP contribution in [-0.2, 0) is 6.54 Å². The Morgan fingerprint density at radius 1 is 1.08 bits per heavy atom. The number of rotatable bonds is 4. The molecule has 0 aliphatic rings. The molecule has 0 spiro atoms. The minimum atomic E-state index is -0.258. The number of aromatic amines is 1. The molecule has 0 saturated heterocycles. The highest BCUT2D eigenvalue weighted by Crippen LogP contribution is 2.30. The summed E-state index contributed by atoms with van der Waals surface area (Å²) in [7, 11) is 0. The van der Waals surface area contributed by atoms with Gasteiger partial charge in [0.15, 0.2) is 5.65 Å². The first kappa shape index (κ1) is 15.5. The van der Waals surface area contributed by atoms with Crippen LogP contribution >= 0.6 is 11.6 Å². The van der Waals surface area contributed by atoms with Gasteiger partial charge in [-0.25, -0.2) is 14.4 Å². The van der Waals surface area contributed by atoms with Gasteiger partial charge in [-0.3, -0.25) is 5.10 Å². The van der Waals surface area contributed by atoms with Gasteiger partial charge in [0.1, 0.15) is 22.8 Å². The number of aromatic nitrogens is 4. The Morgan fingerprint density at radius 2 is 1.88 bits per heavy atom. The number of anilines is 1. The standard InChI is InChI=1S/C18H13ClFN5/c19-13-7-3-2-6-12(13)16-17-18(25-24-16)23-15(10-22-17)21-9-11-5-1-4-8-14(11)20/h1-8,10H,9H2,(H2,21,23,24,25). The minimum absolute atomic E-state index is 0.258. The number of hydrogen-bond acceptors (Lipinski definition) is 4. The summed E-state index contributed by atoms with van der Waals surface area (Å²) >= 11 is 6.23. The molecule has 0 amide bonds. The van der Waals surface area contributed by atoms with Crippen LogP contribution in [0.15, 0.2) is 54.7 Å². The monoisotopic (exact) mass is 353 g/mol. The molecule has 0 radical (unpaired) electrons. The first-order chi connectivity index (χ1) is 12.2. The van der Waals surface area contributed by atoms with Crippen molar-refractivity contribution in [2.45, 2.75) is 6.54 Å². The van der Waals surface area contributed by atoms with Crippen molar-refractivity contribution >= 4 is 28.6 Å². The van der Waals surface area contributed by atoms with Gasteiger partial charge in [0.05, 0.1) is 11.2 Å². The summed E-state index contributed by atoms with van der Waals surface area (Å²) in [5.74, 6) is 0.275. The van der Waals surface area contributed by atoms with Crippen LogP contribution < -0.4 is 5.32 Å². The van der Waals surface area contributed by atoms with Crippen molar-refractivity contribution in [2.24, 2.45) is 0 Å². The summed E-state index contributed by atoms with van der Waals surface area (Å²) in [4.78, 5) is 8.86. The third-order valence-electron chi connectivity index (χ3n) is 3.82. The minimum Gasteiger partial charge on any atom is -0.365 e. The van der Waals surface area contributed by atoms with E-state index in [2.05, 4.69) is 25.5 Å². The number of halogens is 2. The molecule has 2 aromatic heterocycles. The topological polar surface area (TPSA) is 66.5 Å². The Balaban J connectivity index is 1.62. The number of nitrogens with one attached hydrogen (secondary N) is 2. The molecule has 2 heterocycles. The van der Waals surface area contributed by atoms with E-state index in [1.165, 1.54) is 6.07 Å². The smallest absolute Gasteiger partial charge is 0.176 e. The van der Waals surface area contributed by atoms with Gasteiger partial charge in [0.2, 0.25) is 0 Å². The molecule has 0 unspecified atom stereocenters. The number of H-pyrrole nitrogens is 1. The lowest BCUT2D eigenvalue weighted by Gasteiger charge is -2.06. The zero-order chi connectivity index (χ0) is 17.2. The molecule has 0 aliphatic carbocycles. The Morgan fingerprint density at radius 3 is 2.72 bits per heavy atom. The van der Waals surface area contributed by atoms with E-state index in [1.807, 2.05) is 18.2 Å².